The molecule has 0 aliphatic carbocycles. The predicted molar refractivity (Wildman–Crippen MR) is 136 cm³/mol. The Morgan fingerprint density at radius 1 is 0.912 bits per heavy atom. The van der Waals surface area contributed by atoms with Gasteiger partial charge in [0.15, 0.2) is 22.4 Å². The van der Waals surface area contributed by atoms with Gasteiger partial charge in [-0.2, -0.15) is 0 Å². The third kappa shape index (κ3) is 4.43. The van der Waals surface area contributed by atoms with Crippen LogP contribution in [0.3, 0.4) is 0 Å². The fourth-order valence-corrected chi connectivity index (χ4v) is 4.77. The molecule has 0 atom stereocenters. The van der Waals surface area contributed by atoms with Gasteiger partial charge in [0.05, 0.1) is 36.6 Å². The van der Waals surface area contributed by atoms with Gasteiger partial charge in [-0.1, -0.05) is 30.0 Å². The molecular weight excluding hydrogens is 448 g/mol. The van der Waals surface area contributed by atoms with Crippen LogP contribution >= 0.6 is 11.8 Å². The second-order valence-electron chi connectivity index (χ2n) is 8.05. The number of nitrogens with zero attached hydrogens (tertiary/aromatic N) is 2. The molecule has 0 saturated carbocycles. The molecule has 0 unspecified atom stereocenters. The fraction of sp³-hybridized carbons (Fsp3) is 0.222. The molecule has 0 amide bonds. The van der Waals surface area contributed by atoms with Crippen molar-refractivity contribution in [2.75, 3.05) is 20.0 Å². The van der Waals surface area contributed by atoms with Crippen molar-refractivity contribution >= 4 is 28.4 Å². The summed E-state index contributed by atoms with van der Waals surface area (Å²) >= 11 is 1.25. The van der Waals surface area contributed by atoms with E-state index in [9.17, 15) is 9.59 Å². The molecule has 1 aromatic heterocycles. The lowest BCUT2D eigenvalue weighted by atomic mass is 9.99. The van der Waals surface area contributed by atoms with Crippen molar-refractivity contribution in [3.05, 3.63) is 87.2 Å². The monoisotopic (exact) mass is 474 g/mol. The number of aromatic nitrogens is 2. The highest BCUT2D eigenvalue weighted by Crippen LogP contribution is 2.31. The smallest absolute Gasteiger partial charge is 0.266 e. The van der Waals surface area contributed by atoms with Gasteiger partial charge in [0.1, 0.15) is 0 Å². The number of benzene rings is 3. The predicted octanol–water partition coefficient (Wildman–Crippen LogP) is 5.30. The minimum Gasteiger partial charge on any atom is -0.493 e. The number of thioether (sulfide) groups is 1. The molecule has 0 spiro atoms. The van der Waals surface area contributed by atoms with E-state index in [-0.39, 0.29) is 17.1 Å². The molecule has 7 heteroatoms. The maximum Gasteiger partial charge on any atom is 0.266 e. The number of ether oxygens (including phenoxy) is 2. The maximum absolute atomic E-state index is 13.5. The number of carbonyl (C=O) groups excluding carboxylic acids is 1. The second-order valence-corrected chi connectivity index (χ2v) is 9.00. The zero-order valence-corrected chi connectivity index (χ0v) is 20.7. The van der Waals surface area contributed by atoms with Crippen molar-refractivity contribution < 1.29 is 14.3 Å². The van der Waals surface area contributed by atoms with Crippen molar-refractivity contribution in [2.45, 2.75) is 25.9 Å². The van der Waals surface area contributed by atoms with Gasteiger partial charge >= 0.3 is 0 Å². The van der Waals surface area contributed by atoms with Crippen LogP contribution in [0, 0.1) is 20.8 Å². The molecule has 34 heavy (non-hydrogen) atoms. The fourth-order valence-electron chi connectivity index (χ4n) is 3.87. The summed E-state index contributed by atoms with van der Waals surface area (Å²) in [6, 6.07) is 16.4. The largest absolute Gasteiger partial charge is 0.493 e. The molecule has 0 radical (unpaired) electrons. The quantitative estimate of drug-likeness (QED) is 0.206. The minimum absolute atomic E-state index is 0.00753. The molecule has 0 N–H and O–H groups in total. The molecule has 0 bridgehead atoms. The molecule has 0 saturated heterocycles. The number of aryl methyl sites for hydroxylation is 3. The van der Waals surface area contributed by atoms with Crippen molar-refractivity contribution in [3.63, 3.8) is 0 Å². The van der Waals surface area contributed by atoms with Gasteiger partial charge in [-0.3, -0.25) is 14.2 Å². The lowest BCUT2D eigenvalue weighted by Crippen LogP contribution is -2.22. The summed E-state index contributed by atoms with van der Waals surface area (Å²) in [5, 5.41) is 0.934. The molecule has 4 aromatic rings. The molecule has 4 rings (SSSR count). The number of hydrogen-bond donors (Lipinski definition) is 0. The standard InChI is InChI=1S/C27H26N2O4S/c1-16-12-18(3)21(13-17(16)2)23(30)15-34-27-28-22-9-7-6-8-20(22)26(31)29(27)19-10-11-24(32-4)25(14-19)33-5/h6-14H,15H2,1-5H3. The molecule has 0 aliphatic rings. The molecule has 174 valence electrons. The number of rotatable bonds is 7. The van der Waals surface area contributed by atoms with Crippen LogP contribution in [0.5, 0.6) is 11.5 Å². The van der Waals surface area contributed by atoms with Crippen molar-refractivity contribution in [1.29, 1.82) is 0 Å². The summed E-state index contributed by atoms with van der Waals surface area (Å²) in [5.74, 6) is 1.20. The van der Waals surface area contributed by atoms with E-state index in [0.29, 0.717) is 38.8 Å². The Labute approximate surface area is 202 Å². The van der Waals surface area contributed by atoms with Crippen molar-refractivity contribution in [1.82, 2.24) is 9.55 Å². The Morgan fingerprint density at radius 2 is 1.62 bits per heavy atom. The summed E-state index contributed by atoms with van der Waals surface area (Å²) in [7, 11) is 3.10. The number of para-hydroxylation sites is 1. The first kappa shape index (κ1) is 23.6. The van der Waals surface area contributed by atoms with Gasteiger partial charge in [0, 0.05) is 11.6 Å². The Hall–Kier alpha value is -3.58. The summed E-state index contributed by atoms with van der Waals surface area (Å²) in [5.41, 5.74) is 4.81. The van der Waals surface area contributed by atoms with E-state index in [2.05, 4.69) is 0 Å². The highest BCUT2D eigenvalue weighted by atomic mass is 32.2. The SMILES string of the molecule is COc1ccc(-n2c(SCC(=O)c3cc(C)c(C)cc3C)nc3ccccc3c2=O)cc1OC. The van der Waals surface area contributed by atoms with Crippen LogP contribution in [0.1, 0.15) is 27.0 Å². The number of fused-ring (bicyclic) bond motifs is 1. The van der Waals surface area contributed by atoms with E-state index in [1.807, 2.05) is 45.0 Å². The highest BCUT2D eigenvalue weighted by molar-refractivity contribution is 7.99. The third-order valence-electron chi connectivity index (χ3n) is 5.84. The topological polar surface area (TPSA) is 70.4 Å². The molecule has 0 aliphatic heterocycles. The van der Waals surface area contributed by atoms with Crippen LogP contribution in [0.4, 0.5) is 0 Å². The zero-order chi connectivity index (χ0) is 24.4. The first-order chi connectivity index (χ1) is 16.3. The van der Waals surface area contributed by atoms with Crippen LogP contribution in [0.2, 0.25) is 0 Å². The maximum atomic E-state index is 13.5. The Kier molecular flexibility index (Phi) is 6.75. The lowest BCUT2D eigenvalue weighted by molar-refractivity contribution is 0.102. The highest BCUT2D eigenvalue weighted by Gasteiger charge is 2.18. The van der Waals surface area contributed by atoms with E-state index in [0.717, 1.165) is 16.7 Å². The van der Waals surface area contributed by atoms with E-state index in [4.69, 9.17) is 14.5 Å². The number of Topliss-reactive ketones (excluding diaryl/α,β-unsaturated/α-hetero) is 1. The zero-order valence-electron chi connectivity index (χ0n) is 19.8. The van der Waals surface area contributed by atoms with E-state index in [1.54, 1.807) is 44.6 Å². The average Bonchev–Trinajstić information content (AvgIpc) is 2.84. The van der Waals surface area contributed by atoms with Gasteiger partial charge < -0.3 is 9.47 Å². The van der Waals surface area contributed by atoms with E-state index in [1.165, 1.54) is 16.3 Å². The number of ketones is 1. The van der Waals surface area contributed by atoms with Crippen molar-refractivity contribution in [2.24, 2.45) is 0 Å². The number of carbonyl (C=O) groups is 1. The van der Waals surface area contributed by atoms with Crippen LogP contribution in [0.15, 0.2) is 64.5 Å². The summed E-state index contributed by atoms with van der Waals surface area (Å²) in [4.78, 5) is 31.3. The molecular formula is C27H26N2O4S. The molecule has 1 heterocycles. The van der Waals surface area contributed by atoms with Crippen LogP contribution in [-0.4, -0.2) is 35.3 Å². The van der Waals surface area contributed by atoms with Crippen LogP contribution < -0.4 is 15.0 Å². The molecule has 3 aromatic carbocycles. The first-order valence-electron chi connectivity index (χ1n) is 10.8. The summed E-state index contributed by atoms with van der Waals surface area (Å²) in [6.45, 7) is 5.97. The molecule has 6 nitrogen and oxygen atoms in total. The van der Waals surface area contributed by atoms with Crippen molar-refractivity contribution in [3.8, 4) is 17.2 Å². The molecule has 0 fully saturated rings. The minimum atomic E-state index is -0.213. The van der Waals surface area contributed by atoms with Gasteiger partial charge in [0.2, 0.25) is 0 Å². The Bertz CT molecular complexity index is 1460. The summed E-state index contributed by atoms with van der Waals surface area (Å²) in [6.07, 6.45) is 0. The number of hydrogen-bond acceptors (Lipinski definition) is 6. The number of methoxy groups -OCH3 is 2. The summed E-state index contributed by atoms with van der Waals surface area (Å²) < 4.78 is 12.3. The van der Waals surface area contributed by atoms with E-state index < -0.39 is 0 Å². The average molecular weight is 475 g/mol. The van der Waals surface area contributed by atoms with Crippen LogP contribution in [0.25, 0.3) is 16.6 Å². The van der Waals surface area contributed by atoms with Gasteiger partial charge in [-0.05, 0) is 67.8 Å². The van der Waals surface area contributed by atoms with Gasteiger partial charge in [-0.15, -0.1) is 0 Å². The van der Waals surface area contributed by atoms with Crippen LogP contribution in [-0.2, 0) is 0 Å². The first-order valence-corrected chi connectivity index (χ1v) is 11.8. The van der Waals surface area contributed by atoms with Gasteiger partial charge in [0.25, 0.3) is 5.56 Å². The Morgan fingerprint density at radius 3 is 2.35 bits per heavy atom. The van der Waals surface area contributed by atoms with Gasteiger partial charge in [-0.25, -0.2) is 4.98 Å². The van der Waals surface area contributed by atoms with E-state index >= 15 is 0 Å². The third-order valence-corrected chi connectivity index (χ3v) is 6.78. The normalized spacial score (nSPS) is 11.0. The lowest BCUT2D eigenvalue weighted by Gasteiger charge is -2.15. The Balaban J connectivity index is 1.79. The second kappa shape index (κ2) is 9.73.